The van der Waals surface area contributed by atoms with E-state index in [0.717, 1.165) is 41.8 Å². The van der Waals surface area contributed by atoms with Crippen molar-refractivity contribution in [3.63, 3.8) is 0 Å². The summed E-state index contributed by atoms with van der Waals surface area (Å²) in [5, 5.41) is 13.4. The molecule has 2 aliphatic rings. The Morgan fingerprint density at radius 2 is 2.03 bits per heavy atom. The minimum Gasteiger partial charge on any atom is -0.481 e. The van der Waals surface area contributed by atoms with Gasteiger partial charge in [-0.25, -0.2) is 4.98 Å². The number of nitrogens with zero attached hydrogens (tertiary/aromatic N) is 2. The first kappa shape index (κ1) is 21.6. The van der Waals surface area contributed by atoms with Gasteiger partial charge in [0.2, 0.25) is 5.91 Å². The zero-order chi connectivity index (χ0) is 22.2. The number of fused-ring (bicyclic) bond motifs is 1. The summed E-state index contributed by atoms with van der Waals surface area (Å²) in [7, 11) is 0. The highest BCUT2D eigenvalue weighted by Gasteiger charge is 2.41. The largest absolute Gasteiger partial charge is 0.481 e. The number of amides is 1. The zero-order valence-electron chi connectivity index (χ0n) is 18.4. The fraction of sp³-hybridized carbons (Fsp3) is 0.542. The van der Waals surface area contributed by atoms with Gasteiger partial charge in [-0.1, -0.05) is 32.0 Å². The van der Waals surface area contributed by atoms with E-state index in [1.165, 1.54) is 0 Å². The van der Waals surface area contributed by atoms with Gasteiger partial charge in [-0.05, 0) is 42.9 Å². The predicted molar refractivity (Wildman–Crippen MR) is 119 cm³/mol. The van der Waals surface area contributed by atoms with E-state index in [1.807, 2.05) is 6.07 Å². The molecule has 2 aliphatic heterocycles. The first-order chi connectivity index (χ1) is 14.7. The molecule has 2 N–H and O–H groups in total. The molecule has 0 spiro atoms. The molecule has 7 nitrogen and oxygen atoms in total. The minimum absolute atomic E-state index is 0.00777. The fourth-order valence-electron chi connectivity index (χ4n) is 4.91. The highest BCUT2D eigenvalue weighted by molar-refractivity contribution is 5.83. The van der Waals surface area contributed by atoms with Crippen LogP contribution >= 0.6 is 0 Å². The molecule has 166 valence electrons. The maximum Gasteiger partial charge on any atom is 0.308 e. The summed E-state index contributed by atoms with van der Waals surface area (Å²) in [6, 6.07) is 10.1. The van der Waals surface area contributed by atoms with E-state index in [1.54, 1.807) is 0 Å². The molecule has 3 heterocycles. The Hall–Kier alpha value is -2.67. The average molecular weight is 426 g/mol. The number of aryl methyl sites for hydroxylation is 1. The Balaban J connectivity index is 1.44. The number of rotatable bonds is 4. The number of aromatic nitrogens is 1. The number of hydrogen-bond acceptors (Lipinski definition) is 5. The van der Waals surface area contributed by atoms with E-state index in [4.69, 9.17) is 9.72 Å². The van der Waals surface area contributed by atoms with Crippen molar-refractivity contribution in [2.24, 2.45) is 17.3 Å². The second-order valence-corrected chi connectivity index (χ2v) is 9.58. The maximum atomic E-state index is 13.1. The van der Waals surface area contributed by atoms with E-state index in [-0.39, 0.29) is 29.9 Å². The van der Waals surface area contributed by atoms with Gasteiger partial charge in [-0.2, -0.15) is 0 Å². The van der Waals surface area contributed by atoms with Gasteiger partial charge in [0.1, 0.15) is 5.82 Å². The second kappa shape index (κ2) is 8.46. The van der Waals surface area contributed by atoms with Crippen LogP contribution in [0.3, 0.4) is 0 Å². The highest BCUT2D eigenvalue weighted by Crippen LogP contribution is 2.37. The molecule has 1 aromatic carbocycles. The van der Waals surface area contributed by atoms with Crippen LogP contribution in [0, 0.1) is 24.2 Å². The summed E-state index contributed by atoms with van der Waals surface area (Å²) >= 11 is 0. The maximum absolute atomic E-state index is 13.1. The molecule has 0 aliphatic carbocycles. The predicted octanol–water partition coefficient (Wildman–Crippen LogP) is 3.00. The molecule has 3 atom stereocenters. The van der Waals surface area contributed by atoms with Gasteiger partial charge in [0, 0.05) is 24.4 Å². The summed E-state index contributed by atoms with van der Waals surface area (Å²) in [5.74, 6) is -0.636. The molecule has 7 heteroatoms. The van der Waals surface area contributed by atoms with Crippen LogP contribution in [-0.2, 0) is 14.3 Å². The first-order valence-electron chi connectivity index (χ1n) is 11.0. The summed E-state index contributed by atoms with van der Waals surface area (Å²) in [5.41, 5.74) is 1.93. The van der Waals surface area contributed by atoms with Gasteiger partial charge in [0.05, 0.1) is 30.7 Å². The standard InChI is InChI=1S/C24H31N3O4/c1-15-5-4-6-16-7-8-20(26-21(15)16)27-10-9-19(24(2,3)14-27)22(28)25-18-11-17(23(29)30)12-31-13-18/h4-8,17-19H,9-14H2,1-3H3,(H,25,28)(H,29,30)/t17?,18?,19-/m1/s1. The van der Waals surface area contributed by atoms with Gasteiger partial charge in [0.15, 0.2) is 0 Å². The molecule has 0 radical (unpaired) electrons. The second-order valence-electron chi connectivity index (χ2n) is 9.58. The van der Waals surface area contributed by atoms with Crippen molar-refractivity contribution in [1.82, 2.24) is 10.3 Å². The molecular formula is C24H31N3O4. The molecule has 1 aromatic heterocycles. The van der Waals surface area contributed by atoms with Gasteiger partial charge in [-0.15, -0.1) is 0 Å². The Morgan fingerprint density at radius 3 is 2.77 bits per heavy atom. The molecular weight excluding hydrogens is 394 g/mol. The quantitative estimate of drug-likeness (QED) is 0.783. The number of carboxylic acid groups (broad SMARTS) is 1. The normalized spacial score (nSPS) is 25.9. The zero-order valence-corrected chi connectivity index (χ0v) is 18.4. The van der Waals surface area contributed by atoms with E-state index in [9.17, 15) is 14.7 Å². The molecule has 2 fully saturated rings. The van der Waals surface area contributed by atoms with E-state index in [0.29, 0.717) is 13.0 Å². The van der Waals surface area contributed by atoms with Crippen molar-refractivity contribution in [3.05, 3.63) is 35.9 Å². The van der Waals surface area contributed by atoms with E-state index < -0.39 is 11.9 Å². The van der Waals surface area contributed by atoms with Crippen LogP contribution in [0.15, 0.2) is 30.3 Å². The summed E-state index contributed by atoms with van der Waals surface area (Å²) < 4.78 is 5.40. The highest BCUT2D eigenvalue weighted by atomic mass is 16.5. The number of pyridine rings is 1. The van der Waals surface area contributed by atoms with Crippen LogP contribution < -0.4 is 10.2 Å². The third-order valence-electron chi connectivity index (χ3n) is 6.68. The van der Waals surface area contributed by atoms with Crippen molar-refractivity contribution < 1.29 is 19.4 Å². The first-order valence-corrected chi connectivity index (χ1v) is 11.0. The fourth-order valence-corrected chi connectivity index (χ4v) is 4.91. The van der Waals surface area contributed by atoms with E-state index in [2.05, 4.69) is 55.3 Å². The Labute approximate surface area is 182 Å². The van der Waals surface area contributed by atoms with Crippen LogP contribution in [0.5, 0.6) is 0 Å². The summed E-state index contributed by atoms with van der Waals surface area (Å²) in [6.45, 7) is 8.38. The lowest BCUT2D eigenvalue weighted by molar-refractivity contribution is -0.148. The molecule has 2 unspecified atom stereocenters. The van der Waals surface area contributed by atoms with Crippen molar-refractivity contribution in [2.45, 2.75) is 39.7 Å². The average Bonchev–Trinajstić information content (AvgIpc) is 2.73. The van der Waals surface area contributed by atoms with Gasteiger partial charge >= 0.3 is 5.97 Å². The van der Waals surface area contributed by atoms with Gasteiger partial charge in [0.25, 0.3) is 0 Å². The van der Waals surface area contributed by atoms with E-state index >= 15 is 0 Å². The lowest BCUT2D eigenvalue weighted by Crippen LogP contribution is -2.54. The van der Waals surface area contributed by atoms with Crippen LogP contribution in [0.4, 0.5) is 5.82 Å². The number of carbonyl (C=O) groups is 2. The van der Waals surface area contributed by atoms with Crippen LogP contribution in [-0.4, -0.2) is 54.3 Å². The Kier molecular flexibility index (Phi) is 5.88. The molecule has 2 saturated heterocycles. The van der Waals surface area contributed by atoms with Gasteiger partial charge < -0.3 is 20.1 Å². The molecule has 2 aromatic rings. The summed E-state index contributed by atoms with van der Waals surface area (Å²) in [4.78, 5) is 31.5. The van der Waals surface area contributed by atoms with Crippen molar-refractivity contribution in [3.8, 4) is 0 Å². The lowest BCUT2D eigenvalue weighted by atomic mass is 9.73. The van der Waals surface area contributed by atoms with Gasteiger partial charge in [-0.3, -0.25) is 9.59 Å². The van der Waals surface area contributed by atoms with Crippen molar-refractivity contribution in [2.75, 3.05) is 31.2 Å². The van der Waals surface area contributed by atoms with Crippen LogP contribution in [0.1, 0.15) is 32.3 Å². The number of benzene rings is 1. The summed E-state index contributed by atoms with van der Waals surface area (Å²) in [6.07, 6.45) is 1.14. The number of hydrogen-bond donors (Lipinski definition) is 2. The Bertz CT molecular complexity index is 990. The number of carboxylic acids is 1. The minimum atomic E-state index is -0.870. The van der Waals surface area contributed by atoms with Crippen molar-refractivity contribution in [1.29, 1.82) is 0 Å². The third kappa shape index (κ3) is 4.51. The molecule has 1 amide bonds. The number of aliphatic carboxylic acids is 1. The monoisotopic (exact) mass is 425 g/mol. The number of nitrogens with one attached hydrogen (secondary N) is 1. The molecule has 4 rings (SSSR count). The number of para-hydroxylation sites is 1. The van der Waals surface area contributed by atoms with Crippen molar-refractivity contribution >= 4 is 28.6 Å². The molecule has 31 heavy (non-hydrogen) atoms. The smallest absolute Gasteiger partial charge is 0.308 e. The lowest BCUT2D eigenvalue weighted by Gasteiger charge is -2.44. The van der Waals surface area contributed by atoms with Crippen LogP contribution in [0.2, 0.25) is 0 Å². The SMILES string of the molecule is Cc1cccc2ccc(N3CC[C@H](C(=O)NC4COCC(C(=O)O)C4)C(C)(C)C3)nc12. The molecule has 0 saturated carbocycles. The van der Waals surface area contributed by atoms with Crippen LogP contribution in [0.25, 0.3) is 10.9 Å². The Morgan fingerprint density at radius 1 is 1.23 bits per heavy atom. The molecule has 0 bridgehead atoms. The number of anilines is 1. The third-order valence-corrected chi connectivity index (χ3v) is 6.68. The number of carbonyl (C=O) groups excluding carboxylic acids is 1. The number of ether oxygens (including phenoxy) is 1. The topological polar surface area (TPSA) is 91.8 Å². The number of piperidine rings is 1.